The van der Waals surface area contributed by atoms with Crippen molar-refractivity contribution >= 4 is 23.6 Å². The van der Waals surface area contributed by atoms with Crippen molar-refractivity contribution in [3.63, 3.8) is 0 Å². The first-order valence-electron chi connectivity index (χ1n) is 10.1. The van der Waals surface area contributed by atoms with Crippen LogP contribution in [0.4, 0.5) is 0 Å². The van der Waals surface area contributed by atoms with Gasteiger partial charge in [0.25, 0.3) is 5.91 Å². The lowest BCUT2D eigenvalue weighted by Gasteiger charge is -2.13. The number of aryl methyl sites for hydroxylation is 1. The van der Waals surface area contributed by atoms with E-state index in [0.717, 1.165) is 12.0 Å². The molecule has 0 unspecified atom stereocenters. The van der Waals surface area contributed by atoms with Crippen molar-refractivity contribution < 1.29 is 9.59 Å². The maximum atomic E-state index is 12.4. The molecule has 1 heterocycles. The Hall–Kier alpha value is -3.13. The topological polar surface area (TPSA) is 88.9 Å². The van der Waals surface area contributed by atoms with E-state index >= 15 is 0 Å². The van der Waals surface area contributed by atoms with Crippen molar-refractivity contribution in [1.82, 2.24) is 25.4 Å². The lowest BCUT2D eigenvalue weighted by Crippen LogP contribution is -2.28. The van der Waals surface area contributed by atoms with Gasteiger partial charge in [0.2, 0.25) is 5.91 Å². The lowest BCUT2D eigenvalue weighted by atomic mass is 10.1. The average Bonchev–Trinajstić information content (AvgIpc) is 3.14. The number of hydrogen-bond donors (Lipinski definition) is 2. The second kappa shape index (κ2) is 10.8. The van der Waals surface area contributed by atoms with Gasteiger partial charge in [-0.1, -0.05) is 59.8 Å². The number of nitrogens with zero attached hydrogens (tertiary/aromatic N) is 3. The Labute approximate surface area is 186 Å². The fraction of sp³-hybridized carbons (Fsp3) is 0.304. The summed E-state index contributed by atoms with van der Waals surface area (Å²) in [6.45, 7) is 4.43. The predicted molar refractivity (Wildman–Crippen MR) is 122 cm³/mol. The molecular formula is C23H27N5O2S. The maximum absolute atomic E-state index is 12.4. The Morgan fingerprint density at radius 3 is 2.48 bits per heavy atom. The van der Waals surface area contributed by atoms with E-state index in [9.17, 15) is 9.59 Å². The van der Waals surface area contributed by atoms with E-state index < -0.39 is 0 Å². The van der Waals surface area contributed by atoms with Crippen LogP contribution in [0.25, 0.3) is 0 Å². The van der Waals surface area contributed by atoms with Crippen LogP contribution in [0.3, 0.4) is 0 Å². The van der Waals surface area contributed by atoms with E-state index in [0.29, 0.717) is 23.1 Å². The van der Waals surface area contributed by atoms with Crippen LogP contribution in [0.2, 0.25) is 0 Å². The first-order chi connectivity index (χ1) is 14.9. The van der Waals surface area contributed by atoms with Gasteiger partial charge in [0.15, 0.2) is 11.0 Å². The highest BCUT2D eigenvalue weighted by Crippen LogP contribution is 2.19. The molecule has 162 valence electrons. The van der Waals surface area contributed by atoms with Gasteiger partial charge in [-0.25, -0.2) is 0 Å². The second-order valence-corrected chi connectivity index (χ2v) is 8.28. The van der Waals surface area contributed by atoms with Crippen LogP contribution < -0.4 is 10.6 Å². The van der Waals surface area contributed by atoms with Gasteiger partial charge in [0.05, 0.1) is 11.8 Å². The monoisotopic (exact) mass is 437 g/mol. The van der Waals surface area contributed by atoms with E-state index in [1.54, 1.807) is 12.1 Å². The molecule has 31 heavy (non-hydrogen) atoms. The molecule has 3 aromatic rings. The van der Waals surface area contributed by atoms with Gasteiger partial charge in [-0.15, -0.1) is 10.2 Å². The average molecular weight is 438 g/mol. The van der Waals surface area contributed by atoms with Crippen LogP contribution in [-0.2, 0) is 18.3 Å². The van der Waals surface area contributed by atoms with Gasteiger partial charge in [0, 0.05) is 19.2 Å². The minimum absolute atomic E-state index is 0.0498. The SMILES string of the molecule is Cc1ccc(C(=O)N[C@@H](C)c2nnc(SCC(=O)NCCc3ccccc3)n2C)cc1. The number of hydrogen-bond acceptors (Lipinski definition) is 5. The van der Waals surface area contributed by atoms with Crippen LogP contribution in [-0.4, -0.2) is 38.9 Å². The molecule has 0 aliphatic heterocycles. The first-order valence-corrected chi connectivity index (χ1v) is 11.1. The van der Waals surface area contributed by atoms with Gasteiger partial charge in [-0.3, -0.25) is 9.59 Å². The molecule has 2 N–H and O–H groups in total. The summed E-state index contributed by atoms with van der Waals surface area (Å²) in [6, 6.07) is 17.1. The standard InChI is InChI=1S/C23H27N5O2S/c1-16-9-11-19(12-10-16)22(30)25-17(2)21-26-27-23(28(21)3)31-15-20(29)24-14-13-18-7-5-4-6-8-18/h4-12,17H,13-15H2,1-3H3,(H,24,29)(H,25,30)/t17-/m0/s1. The normalized spacial score (nSPS) is 11.7. The summed E-state index contributed by atoms with van der Waals surface area (Å²) in [7, 11) is 1.83. The third-order valence-electron chi connectivity index (χ3n) is 4.83. The van der Waals surface area contributed by atoms with Gasteiger partial charge < -0.3 is 15.2 Å². The van der Waals surface area contributed by atoms with Crippen LogP contribution in [0.1, 0.15) is 40.3 Å². The Morgan fingerprint density at radius 1 is 1.06 bits per heavy atom. The molecule has 0 radical (unpaired) electrons. The minimum Gasteiger partial charge on any atom is -0.355 e. The molecule has 3 rings (SSSR count). The minimum atomic E-state index is -0.319. The zero-order chi connectivity index (χ0) is 22.2. The highest BCUT2D eigenvalue weighted by molar-refractivity contribution is 7.99. The molecule has 0 spiro atoms. The summed E-state index contributed by atoms with van der Waals surface area (Å²) in [5.74, 6) is 0.673. The van der Waals surface area contributed by atoms with Crippen molar-refractivity contribution in [2.75, 3.05) is 12.3 Å². The van der Waals surface area contributed by atoms with Crippen molar-refractivity contribution in [1.29, 1.82) is 0 Å². The smallest absolute Gasteiger partial charge is 0.251 e. The van der Waals surface area contributed by atoms with Crippen LogP contribution >= 0.6 is 11.8 Å². The summed E-state index contributed by atoms with van der Waals surface area (Å²) in [4.78, 5) is 24.6. The van der Waals surface area contributed by atoms with Crippen LogP contribution in [0, 0.1) is 6.92 Å². The van der Waals surface area contributed by atoms with Gasteiger partial charge in [-0.05, 0) is 38.0 Å². The fourth-order valence-electron chi connectivity index (χ4n) is 3.05. The zero-order valence-corrected chi connectivity index (χ0v) is 18.8. The number of carbonyl (C=O) groups is 2. The van der Waals surface area contributed by atoms with Gasteiger partial charge in [0.1, 0.15) is 0 Å². The van der Waals surface area contributed by atoms with E-state index in [-0.39, 0.29) is 23.6 Å². The number of amides is 2. The fourth-order valence-corrected chi connectivity index (χ4v) is 3.80. The molecule has 1 atom stereocenters. The molecule has 1 aromatic heterocycles. The molecule has 8 heteroatoms. The molecule has 0 aliphatic carbocycles. The molecule has 7 nitrogen and oxygen atoms in total. The number of carbonyl (C=O) groups excluding carboxylic acids is 2. The number of nitrogens with one attached hydrogen (secondary N) is 2. The predicted octanol–water partition coefficient (Wildman–Crippen LogP) is 3.07. The van der Waals surface area contributed by atoms with E-state index in [4.69, 9.17) is 0 Å². The molecule has 2 amide bonds. The molecule has 0 bridgehead atoms. The summed E-state index contributed by atoms with van der Waals surface area (Å²) in [6.07, 6.45) is 0.795. The summed E-state index contributed by atoms with van der Waals surface area (Å²) in [5.41, 5.74) is 2.89. The number of rotatable bonds is 9. The maximum Gasteiger partial charge on any atom is 0.251 e. The quantitative estimate of drug-likeness (QED) is 0.502. The number of aromatic nitrogens is 3. The van der Waals surface area contributed by atoms with E-state index in [1.165, 1.54) is 17.3 Å². The third kappa shape index (κ3) is 6.42. The Morgan fingerprint density at radius 2 is 1.77 bits per heavy atom. The Balaban J connectivity index is 1.48. The van der Waals surface area contributed by atoms with Crippen molar-refractivity contribution in [2.24, 2.45) is 7.05 Å². The highest BCUT2D eigenvalue weighted by Gasteiger charge is 2.19. The van der Waals surface area contributed by atoms with E-state index in [1.807, 2.05) is 67.9 Å². The van der Waals surface area contributed by atoms with E-state index in [2.05, 4.69) is 20.8 Å². The molecule has 0 fully saturated rings. The Kier molecular flexibility index (Phi) is 7.83. The van der Waals surface area contributed by atoms with Crippen molar-refractivity contribution in [2.45, 2.75) is 31.5 Å². The molecular weight excluding hydrogens is 410 g/mol. The zero-order valence-electron chi connectivity index (χ0n) is 18.0. The molecule has 0 aliphatic rings. The second-order valence-electron chi connectivity index (χ2n) is 7.34. The van der Waals surface area contributed by atoms with Crippen molar-refractivity contribution in [3.8, 4) is 0 Å². The number of benzene rings is 2. The lowest BCUT2D eigenvalue weighted by molar-refractivity contribution is -0.118. The third-order valence-corrected chi connectivity index (χ3v) is 5.85. The first kappa shape index (κ1) is 22.6. The summed E-state index contributed by atoms with van der Waals surface area (Å²) in [5, 5.41) is 14.9. The summed E-state index contributed by atoms with van der Waals surface area (Å²) >= 11 is 1.32. The Bertz CT molecular complexity index is 1020. The largest absolute Gasteiger partial charge is 0.355 e. The number of thioether (sulfide) groups is 1. The summed E-state index contributed by atoms with van der Waals surface area (Å²) < 4.78 is 1.81. The highest BCUT2D eigenvalue weighted by atomic mass is 32.2. The van der Waals surface area contributed by atoms with Crippen LogP contribution in [0.15, 0.2) is 59.8 Å². The molecule has 2 aromatic carbocycles. The van der Waals surface area contributed by atoms with Crippen molar-refractivity contribution in [3.05, 3.63) is 77.1 Å². The molecule has 0 saturated heterocycles. The molecule has 0 saturated carbocycles. The van der Waals surface area contributed by atoms with Gasteiger partial charge >= 0.3 is 0 Å². The van der Waals surface area contributed by atoms with Crippen LogP contribution in [0.5, 0.6) is 0 Å². The van der Waals surface area contributed by atoms with Gasteiger partial charge in [-0.2, -0.15) is 0 Å².